The molecular formula is C22H20BrN3O2. The minimum absolute atomic E-state index is 0.102. The number of methoxy groups -OCH3 is 1. The van der Waals surface area contributed by atoms with E-state index in [4.69, 9.17) is 4.74 Å². The molecule has 0 aliphatic heterocycles. The van der Waals surface area contributed by atoms with Crippen LogP contribution in [0, 0.1) is 0 Å². The van der Waals surface area contributed by atoms with Crippen LogP contribution in [0.15, 0.2) is 82.2 Å². The third kappa shape index (κ3) is 3.41. The predicted octanol–water partition coefficient (Wildman–Crippen LogP) is 4.24. The van der Waals surface area contributed by atoms with Gasteiger partial charge in [-0.15, -0.1) is 0 Å². The summed E-state index contributed by atoms with van der Waals surface area (Å²) in [6, 6.07) is 21.8. The summed E-state index contributed by atoms with van der Waals surface area (Å²) < 4.78 is 9.56. The van der Waals surface area contributed by atoms with Gasteiger partial charge in [0.1, 0.15) is 0 Å². The van der Waals surface area contributed by atoms with Gasteiger partial charge in [0, 0.05) is 17.8 Å². The van der Waals surface area contributed by atoms with E-state index in [2.05, 4.69) is 20.9 Å². The molecule has 142 valence electrons. The minimum atomic E-state index is -0.269. The Bertz CT molecular complexity index is 1100. The third-order valence-corrected chi connectivity index (χ3v) is 5.21. The van der Waals surface area contributed by atoms with Gasteiger partial charge in [-0.25, -0.2) is 9.78 Å². The first-order valence-corrected chi connectivity index (χ1v) is 9.85. The van der Waals surface area contributed by atoms with Crippen LogP contribution in [0.5, 0.6) is 0 Å². The number of nitrogens with zero attached hydrogens (tertiary/aromatic N) is 3. The second kappa shape index (κ2) is 8.12. The molecule has 0 amide bonds. The van der Waals surface area contributed by atoms with E-state index in [0.29, 0.717) is 18.8 Å². The van der Waals surface area contributed by atoms with Crippen LogP contribution < -0.4 is 5.69 Å². The molecular weight excluding hydrogens is 418 g/mol. The van der Waals surface area contributed by atoms with Crippen molar-refractivity contribution >= 4 is 27.1 Å². The van der Waals surface area contributed by atoms with E-state index in [1.165, 1.54) is 0 Å². The smallest absolute Gasteiger partial charge is 0.331 e. The van der Waals surface area contributed by atoms with Crippen molar-refractivity contribution in [2.45, 2.75) is 12.6 Å². The van der Waals surface area contributed by atoms with E-state index in [1.54, 1.807) is 22.4 Å². The number of ether oxygens (including phenoxy) is 1. The van der Waals surface area contributed by atoms with Crippen LogP contribution >= 0.6 is 15.9 Å². The number of pyridine rings is 1. The SMILES string of the molecule is COCCn1c(=O)n(C(c2ccccc2)c2ccccc2)c2ncc(Br)cc21. The van der Waals surface area contributed by atoms with E-state index in [0.717, 1.165) is 21.1 Å². The molecule has 4 aromatic rings. The second-order valence-corrected chi connectivity index (χ2v) is 7.43. The molecule has 0 spiro atoms. The summed E-state index contributed by atoms with van der Waals surface area (Å²) in [6.45, 7) is 0.917. The molecule has 2 heterocycles. The highest BCUT2D eigenvalue weighted by atomic mass is 79.9. The highest BCUT2D eigenvalue weighted by Crippen LogP contribution is 2.29. The molecule has 6 heteroatoms. The maximum atomic E-state index is 13.5. The average Bonchev–Trinajstić information content (AvgIpc) is 2.99. The van der Waals surface area contributed by atoms with Crippen LogP contribution in [-0.4, -0.2) is 27.8 Å². The Morgan fingerprint density at radius 2 is 1.64 bits per heavy atom. The summed E-state index contributed by atoms with van der Waals surface area (Å²) in [5, 5.41) is 0. The lowest BCUT2D eigenvalue weighted by atomic mass is 9.98. The van der Waals surface area contributed by atoms with Crippen LogP contribution in [-0.2, 0) is 11.3 Å². The van der Waals surface area contributed by atoms with Gasteiger partial charge in [-0.2, -0.15) is 0 Å². The van der Waals surface area contributed by atoms with Gasteiger partial charge in [0.2, 0.25) is 0 Å². The maximum absolute atomic E-state index is 13.5. The number of halogens is 1. The quantitative estimate of drug-likeness (QED) is 0.453. The number of fused-ring (bicyclic) bond motifs is 1. The molecule has 5 nitrogen and oxygen atoms in total. The van der Waals surface area contributed by atoms with Gasteiger partial charge in [-0.3, -0.25) is 9.13 Å². The molecule has 0 aliphatic rings. The summed E-state index contributed by atoms with van der Waals surface area (Å²) in [4.78, 5) is 18.1. The molecule has 0 saturated heterocycles. The molecule has 0 radical (unpaired) electrons. The highest BCUT2D eigenvalue weighted by Gasteiger charge is 2.24. The summed E-state index contributed by atoms with van der Waals surface area (Å²) in [5.74, 6) is 0. The van der Waals surface area contributed by atoms with Crippen molar-refractivity contribution in [1.82, 2.24) is 14.1 Å². The summed E-state index contributed by atoms with van der Waals surface area (Å²) in [5.41, 5.74) is 3.41. The van der Waals surface area contributed by atoms with Crippen molar-refractivity contribution in [3.8, 4) is 0 Å². The maximum Gasteiger partial charge on any atom is 0.331 e. The molecule has 2 aromatic carbocycles. The lowest BCUT2D eigenvalue weighted by molar-refractivity contribution is 0.187. The fourth-order valence-electron chi connectivity index (χ4n) is 3.52. The largest absolute Gasteiger partial charge is 0.383 e. The van der Waals surface area contributed by atoms with Gasteiger partial charge in [-0.05, 0) is 33.1 Å². The second-order valence-electron chi connectivity index (χ2n) is 6.52. The van der Waals surface area contributed by atoms with Crippen molar-refractivity contribution < 1.29 is 4.74 Å². The normalized spacial score (nSPS) is 11.4. The van der Waals surface area contributed by atoms with E-state index in [1.807, 2.05) is 66.7 Å². The topological polar surface area (TPSA) is 49.0 Å². The fourth-order valence-corrected chi connectivity index (χ4v) is 3.84. The van der Waals surface area contributed by atoms with E-state index in [-0.39, 0.29) is 11.7 Å². The molecule has 4 rings (SSSR count). The number of hydrogen-bond acceptors (Lipinski definition) is 3. The average molecular weight is 438 g/mol. The molecule has 0 saturated carbocycles. The standard InChI is InChI=1S/C22H20BrN3O2/c1-28-13-12-25-19-14-18(23)15-24-21(19)26(22(25)27)20(16-8-4-2-5-9-16)17-10-6-3-7-11-17/h2-11,14-15,20H,12-13H2,1H3. The minimum Gasteiger partial charge on any atom is -0.383 e. The molecule has 0 bridgehead atoms. The molecule has 0 N–H and O–H groups in total. The number of imidazole rings is 1. The monoisotopic (exact) mass is 437 g/mol. The van der Waals surface area contributed by atoms with Gasteiger partial charge in [0.15, 0.2) is 5.65 Å². The molecule has 0 aliphatic carbocycles. The zero-order valence-corrected chi connectivity index (χ0v) is 17.0. The zero-order chi connectivity index (χ0) is 19.5. The lowest BCUT2D eigenvalue weighted by Crippen LogP contribution is -2.29. The number of hydrogen-bond donors (Lipinski definition) is 0. The van der Waals surface area contributed by atoms with E-state index < -0.39 is 0 Å². The number of rotatable bonds is 6. The van der Waals surface area contributed by atoms with Crippen molar-refractivity contribution in [3.63, 3.8) is 0 Å². The van der Waals surface area contributed by atoms with E-state index >= 15 is 0 Å². The van der Waals surface area contributed by atoms with Crippen LogP contribution in [0.2, 0.25) is 0 Å². The van der Waals surface area contributed by atoms with E-state index in [9.17, 15) is 4.79 Å². The van der Waals surface area contributed by atoms with Crippen LogP contribution in [0.1, 0.15) is 17.2 Å². The van der Waals surface area contributed by atoms with Gasteiger partial charge in [0.05, 0.1) is 24.7 Å². The molecule has 2 aromatic heterocycles. The summed E-state index contributed by atoms with van der Waals surface area (Å²) in [7, 11) is 1.63. The van der Waals surface area contributed by atoms with Crippen molar-refractivity contribution in [1.29, 1.82) is 0 Å². The Morgan fingerprint density at radius 3 is 2.21 bits per heavy atom. The van der Waals surface area contributed by atoms with Crippen LogP contribution in [0.25, 0.3) is 11.2 Å². The first kappa shape index (κ1) is 18.7. The van der Waals surface area contributed by atoms with Gasteiger partial charge < -0.3 is 4.74 Å². The summed E-state index contributed by atoms with van der Waals surface area (Å²) in [6.07, 6.45) is 1.73. The predicted molar refractivity (Wildman–Crippen MR) is 114 cm³/mol. The highest BCUT2D eigenvalue weighted by molar-refractivity contribution is 9.10. The lowest BCUT2D eigenvalue weighted by Gasteiger charge is -2.19. The Morgan fingerprint density at radius 1 is 1.04 bits per heavy atom. The number of aromatic nitrogens is 3. The van der Waals surface area contributed by atoms with Gasteiger partial charge >= 0.3 is 5.69 Å². The Hall–Kier alpha value is -2.70. The molecule has 0 atom stereocenters. The molecule has 28 heavy (non-hydrogen) atoms. The Kier molecular flexibility index (Phi) is 5.41. The Labute approximate surface area is 171 Å². The molecule has 0 fully saturated rings. The Balaban J connectivity index is 2.02. The van der Waals surface area contributed by atoms with Crippen molar-refractivity contribution in [3.05, 3.63) is 99.0 Å². The first-order valence-electron chi connectivity index (χ1n) is 9.06. The van der Waals surface area contributed by atoms with Gasteiger partial charge in [0.25, 0.3) is 0 Å². The number of benzene rings is 2. The van der Waals surface area contributed by atoms with Gasteiger partial charge in [-0.1, -0.05) is 60.7 Å². The molecule has 0 unspecified atom stereocenters. The zero-order valence-electron chi connectivity index (χ0n) is 15.5. The van der Waals surface area contributed by atoms with Crippen molar-refractivity contribution in [2.24, 2.45) is 0 Å². The summed E-state index contributed by atoms with van der Waals surface area (Å²) >= 11 is 3.48. The fraction of sp³-hybridized carbons (Fsp3) is 0.182. The van der Waals surface area contributed by atoms with Crippen LogP contribution in [0.3, 0.4) is 0 Å². The van der Waals surface area contributed by atoms with Crippen LogP contribution in [0.4, 0.5) is 0 Å². The first-order chi connectivity index (χ1) is 13.7. The van der Waals surface area contributed by atoms with Crippen molar-refractivity contribution in [2.75, 3.05) is 13.7 Å². The third-order valence-electron chi connectivity index (χ3n) is 4.78.